The van der Waals surface area contributed by atoms with Crippen molar-refractivity contribution in [3.05, 3.63) is 11.6 Å². The third kappa shape index (κ3) is 2.72. The summed E-state index contributed by atoms with van der Waals surface area (Å²) in [6.45, 7) is 3.14. The molecule has 0 radical (unpaired) electrons. The van der Waals surface area contributed by atoms with Crippen molar-refractivity contribution in [3.8, 4) is 0 Å². The Morgan fingerprint density at radius 3 is 2.72 bits per heavy atom. The molecule has 1 atom stereocenters. The zero-order valence-electron chi connectivity index (χ0n) is 13.9. The van der Waals surface area contributed by atoms with Crippen LogP contribution in [0.5, 0.6) is 0 Å². The molecule has 2 fully saturated rings. The Kier molecular flexibility index (Phi) is 3.82. The van der Waals surface area contributed by atoms with Gasteiger partial charge in [-0.2, -0.15) is 0 Å². The van der Waals surface area contributed by atoms with E-state index >= 15 is 0 Å². The number of likely N-dealkylation sites (tertiary alicyclic amines) is 1. The van der Waals surface area contributed by atoms with Crippen molar-refractivity contribution in [1.29, 1.82) is 0 Å². The van der Waals surface area contributed by atoms with Crippen molar-refractivity contribution in [3.63, 3.8) is 0 Å². The summed E-state index contributed by atoms with van der Waals surface area (Å²) >= 11 is 1.40. The van der Waals surface area contributed by atoms with Crippen molar-refractivity contribution in [2.45, 2.75) is 31.7 Å². The van der Waals surface area contributed by atoms with Gasteiger partial charge in [0.05, 0.1) is 5.92 Å². The van der Waals surface area contributed by atoms with Gasteiger partial charge in [0.25, 0.3) is 5.91 Å². The summed E-state index contributed by atoms with van der Waals surface area (Å²) < 4.78 is 0. The van der Waals surface area contributed by atoms with Crippen molar-refractivity contribution < 1.29 is 14.4 Å². The fourth-order valence-corrected chi connectivity index (χ4v) is 4.45. The number of thiazole rings is 1. The molecule has 2 saturated heterocycles. The molecule has 0 aromatic carbocycles. The van der Waals surface area contributed by atoms with Gasteiger partial charge in [-0.3, -0.25) is 24.3 Å². The van der Waals surface area contributed by atoms with E-state index < -0.39 is 5.54 Å². The number of carbonyl (C=O) groups excluding carboxylic acids is 3. The van der Waals surface area contributed by atoms with E-state index in [-0.39, 0.29) is 30.1 Å². The Balaban J connectivity index is 1.40. The number of aromatic nitrogens is 1. The molecule has 25 heavy (non-hydrogen) atoms. The molecule has 1 N–H and O–H groups in total. The predicted molar refractivity (Wildman–Crippen MR) is 92.4 cm³/mol. The Morgan fingerprint density at radius 1 is 1.36 bits per heavy atom. The highest BCUT2D eigenvalue weighted by Gasteiger charge is 2.47. The molecule has 0 saturated carbocycles. The number of nitrogens with zero attached hydrogens (tertiary/aromatic N) is 4. The number of amidine groups is 1. The maximum absolute atomic E-state index is 12.8. The maximum Gasteiger partial charge on any atom is 0.253 e. The summed E-state index contributed by atoms with van der Waals surface area (Å²) in [5, 5.41) is 5.21. The van der Waals surface area contributed by atoms with Gasteiger partial charge in [0, 0.05) is 37.6 Å². The van der Waals surface area contributed by atoms with Crippen LogP contribution in [0.3, 0.4) is 0 Å². The lowest BCUT2D eigenvalue weighted by atomic mass is 9.87. The molecule has 3 amide bonds. The van der Waals surface area contributed by atoms with Crippen LogP contribution in [-0.2, 0) is 14.4 Å². The maximum atomic E-state index is 12.8. The second-order valence-corrected chi connectivity index (χ2v) is 7.60. The number of rotatable bonds is 2. The van der Waals surface area contributed by atoms with Crippen LogP contribution in [0.15, 0.2) is 16.6 Å². The van der Waals surface area contributed by atoms with Gasteiger partial charge in [-0.05, 0) is 19.8 Å². The first-order valence-electron chi connectivity index (χ1n) is 8.35. The van der Waals surface area contributed by atoms with Crippen LogP contribution in [0.25, 0.3) is 0 Å². The molecule has 0 aliphatic carbocycles. The molecule has 1 spiro atoms. The van der Waals surface area contributed by atoms with Gasteiger partial charge >= 0.3 is 0 Å². The molecule has 3 aliphatic rings. The number of carbonyl (C=O) groups is 3. The number of amides is 3. The number of hydrogen-bond acceptors (Lipinski definition) is 6. The average molecular weight is 361 g/mol. The summed E-state index contributed by atoms with van der Waals surface area (Å²) in [7, 11) is 0. The summed E-state index contributed by atoms with van der Waals surface area (Å²) in [6, 6.07) is 0. The molecule has 4 rings (SSSR count). The number of hydrogen-bond donors (Lipinski definition) is 1. The molecule has 0 bridgehead atoms. The van der Waals surface area contributed by atoms with Gasteiger partial charge in [0.1, 0.15) is 11.4 Å². The van der Waals surface area contributed by atoms with E-state index in [0.29, 0.717) is 43.4 Å². The minimum Gasteiger partial charge on any atom is -0.342 e. The van der Waals surface area contributed by atoms with E-state index in [4.69, 9.17) is 0 Å². The van der Waals surface area contributed by atoms with Crippen LogP contribution in [0, 0.1) is 5.92 Å². The Bertz CT molecular complexity index is 752. The van der Waals surface area contributed by atoms with Gasteiger partial charge in [-0.1, -0.05) is 0 Å². The lowest BCUT2D eigenvalue weighted by Crippen LogP contribution is -2.51. The van der Waals surface area contributed by atoms with Gasteiger partial charge in [0.2, 0.25) is 11.8 Å². The smallest absolute Gasteiger partial charge is 0.253 e. The molecule has 4 heterocycles. The van der Waals surface area contributed by atoms with Gasteiger partial charge in [-0.15, -0.1) is 11.3 Å². The highest BCUT2D eigenvalue weighted by molar-refractivity contribution is 7.13. The molecule has 8 nitrogen and oxygen atoms in total. The zero-order chi connectivity index (χ0) is 17.6. The van der Waals surface area contributed by atoms with Crippen LogP contribution < -0.4 is 10.2 Å². The van der Waals surface area contributed by atoms with Crippen molar-refractivity contribution in [2.75, 3.05) is 24.5 Å². The Labute approximate surface area is 148 Å². The quantitative estimate of drug-likeness (QED) is 0.825. The minimum atomic E-state index is -0.709. The Morgan fingerprint density at radius 2 is 2.12 bits per heavy atom. The summed E-state index contributed by atoms with van der Waals surface area (Å²) in [5.41, 5.74) is -0.709. The van der Waals surface area contributed by atoms with Crippen LogP contribution in [0.4, 0.5) is 5.13 Å². The highest BCUT2D eigenvalue weighted by atomic mass is 32.1. The number of aliphatic imine (C=N–C) groups is 1. The lowest BCUT2D eigenvalue weighted by molar-refractivity contribution is -0.139. The third-order valence-electron chi connectivity index (χ3n) is 5.13. The van der Waals surface area contributed by atoms with E-state index in [1.54, 1.807) is 22.9 Å². The van der Waals surface area contributed by atoms with Gasteiger partial charge < -0.3 is 10.2 Å². The summed E-state index contributed by atoms with van der Waals surface area (Å²) in [6.07, 6.45) is 2.93. The second-order valence-electron chi connectivity index (χ2n) is 6.73. The molecular weight excluding hydrogens is 342 g/mol. The van der Waals surface area contributed by atoms with E-state index in [0.717, 1.165) is 0 Å². The molecule has 1 aromatic rings. The standard InChI is InChI=1S/C16H19N5O3S/c1-10-18-14(24)16(19-10)2-5-20(6-3-16)13(23)11-8-12(22)21(9-11)15-17-4-7-25-15/h4,7,11H,2-3,5-6,8-9H2,1H3,(H,18,19,24). The molecule has 1 aromatic heterocycles. The van der Waals surface area contributed by atoms with Gasteiger partial charge in [0.15, 0.2) is 5.13 Å². The van der Waals surface area contributed by atoms with E-state index in [1.807, 2.05) is 5.38 Å². The fourth-order valence-electron chi connectivity index (χ4n) is 3.78. The molecular formula is C16H19N5O3S. The number of piperidine rings is 1. The lowest BCUT2D eigenvalue weighted by Gasteiger charge is -2.36. The number of nitrogens with one attached hydrogen (secondary N) is 1. The first-order valence-corrected chi connectivity index (χ1v) is 9.23. The van der Waals surface area contributed by atoms with E-state index in [2.05, 4.69) is 15.3 Å². The summed E-state index contributed by atoms with van der Waals surface area (Å²) in [5.74, 6) is 0.167. The van der Waals surface area contributed by atoms with E-state index in [1.165, 1.54) is 11.3 Å². The fraction of sp³-hybridized carbons (Fsp3) is 0.562. The molecule has 9 heteroatoms. The third-order valence-corrected chi connectivity index (χ3v) is 5.92. The van der Waals surface area contributed by atoms with Crippen LogP contribution in [0.1, 0.15) is 26.2 Å². The Hall–Kier alpha value is -2.29. The molecule has 132 valence electrons. The highest BCUT2D eigenvalue weighted by Crippen LogP contribution is 2.32. The topological polar surface area (TPSA) is 95.0 Å². The van der Waals surface area contributed by atoms with Gasteiger partial charge in [-0.25, -0.2) is 4.98 Å². The first-order chi connectivity index (χ1) is 12.0. The zero-order valence-corrected chi connectivity index (χ0v) is 14.7. The molecule has 3 aliphatic heterocycles. The average Bonchev–Trinajstić information content (AvgIpc) is 3.28. The minimum absolute atomic E-state index is 0.0126. The van der Waals surface area contributed by atoms with Crippen molar-refractivity contribution >= 4 is 40.0 Å². The largest absolute Gasteiger partial charge is 0.342 e. The van der Waals surface area contributed by atoms with Crippen LogP contribution >= 0.6 is 11.3 Å². The summed E-state index contributed by atoms with van der Waals surface area (Å²) in [4.78, 5) is 49.1. The normalized spacial score (nSPS) is 25.5. The molecule has 1 unspecified atom stereocenters. The van der Waals surface area contributed by atoms with Crippen molar-refractivity contribution in [2.24, 2.45) is 10.9 Å². The number of anilines is 1. The first kappa shape index (κ1) is 16.2. The second kappa shape index (κ2) is 5.91. The predicted octanol–water partition coefficient (Wildman–Crippen LogP) is 0.405. The van der Waals surface area contributed by atoms with Crippen molar-refractivity contribution in [1.82, 2.24) is 15.2 Å². The van der Waals surface area contributed by atoms with Crippen LogP contribution in [-0.4, -0.2) is 58.6 Å². The van der Waals surface area contributed by atoms with Crippen LogP contribution in [0.2, 0.25) is 0 Å². The monoisotopic (exact) mass is 361 g/mol. The van der Waals surface area contributed by atoms with E-state index in [9.17, 15) is 14.4 Å². The SMILES string of the molecule is CC1=NC2(CCN(C(=O)C3CC(=O)N(c4nccs4)C3)CC2)C(=O)N1.